The van der Waals surface area contributed by atoms with Crippen LogP contribution in [0, 0.1) is 6.92 Å². The number of hydrogen-bond acceptors (Lipinski definition) is 3. The Kier molecular flexibility index (Phi) is 2.59. The van der Waals surface area contributed by atoms with E-state index in [0.717, 1.165) is 22.4 Å². The zero-order chi connectivity index (χ0) is 13.4. The third-order valence-corrected chi connectivity index (χ3v) is 3.03. The molecule has 0 aliphatic heterocycles. The van der Waals surface area contributed by atoms with E-state index in [1.807, 2.05) is 35.9 Å². The second-order valence-corrected chi connectivity index (χ2v) is 4.45. The van der Waals surface area contributed by atoms with Crippen LogP contribution in [0.1, 0.15) is 21.8 Å². The monoisotopic (exact) mass is 256 g/mol. The van der Waals surface area contributed by atoms with Crippen molar-refractivity contribution >= 4 is 16.9 Å². The molecule has 2 heterocycles. The van der Waals surface area contributed by atoms with Crippen molar-refractivity contribution in [3.63, 3.8) is 0 Å². The van der Waals surface area contributed by atoms with E-state index in [9.17, 15) is 4.79 Å². The van der Waals surface area contributed by atoms with Crippen molar-refractivity contribution in [1.29, 1.82) is 0 Å². The molecule has 1 N–H and O–H groups in total. The minimum Gasteiger partial charge on any atom is -0.478 e. The number of aryl methyl sites for hydroxylation is 1. The summed E-state index contributed by atoms with van der Waals surface area (Å²) in [4.78, 5) is 11.0. The van der Waals surface area contributed by atoms with Crippen LogP contribution in [0.15, 0.2) is 41.1 Å². The highest BCUT2D eigenvalue weighted by molar-refractivity contribution is 5.93. The number of carbonyl (C=O) groups is 1. The third kappa shape index (κ3) is 2.10. The number of benzene rings is 1. The average Bonchev–Trinajstić information content (AvgIpc) is 2.96. The molecule has 2 aromatic heterocycles. The van der Waals surface area contributed by atoms with Gasteiger partial charge in [0, 0.05) is 17.8 Å². The van der Waals surface area contributed by atoms with E-state index >= 15 is 0 Å². The molecular formula is C14H12N2O3. The first-order valence-corrected chi connectivity index (χ1v) is 5.88. The predicted octanol–water partition coefficient (Wildman–Crippen LogP) is 2.68. The molecule has 0 unspecified atom stereocenters. The molecule has 0 bridgehead atoms. The maximum Gasteiger partial charge on any atom is 0.335 e. The number of carboxylic acid groups (broad SMARTS) is 1. The van der Waals surface area contributed by atoms with Crippen LogP contribution in [-0.4, -0.2) is 20.8 Å². The summed E-state index contributed by atoms with van der Waals surface area (Å²) < 4.78 is 6.99. The second-order valence-electron chi connectivity index (χ2n) is 4.45. The summed E-state index contributed by atoms with van der Waals surface area (Å²) in [5.41, 5.74) is 1.97. The summed E-state index contributed by atoms with van der Waals surface area (Å²) in [5.74, 6) is -0.162. The summed E-state index contributed by atoms with van der Waals surface area (Å²) in [6.07, 6.45) is 1.92. The summed E-state index contributed by atoms with van der Waals surface area (Å²) in [6, 6.07) is 8.91. The van der Waals surface area contributed by atoms with Crippen molar-refractivity contribution in [3.05, 3.63) is 53.5 Å². The average molecular weight is 256 g/mol. The minimum absolute atomic E-state index is 0.281. The molecule has 0 saturated carbocycles. The normalized spacial score (nSPS) is 11.0. The zero-order valence-electron chi connectivity index (χ0n) is 10.3. The summed E-state index contributed by atoms with van der Waals surface area (Å²) in [7, 11) is 0. The van der Waals surface area contributed by atoms with Crippen molar-refractivity contribution in [2.75, 3.05) is 0 Å². The van der Waals surface area contributed by atoms with Gasteiger partial charge in [0.15, 0.2) is 0 Å². The molecule has 5 heteroatoms. The van der Waals surface area contributed by atoms with Gasteiger partial charge >= 0.3 is 5.97 Å². The lowest BCUT2D eigenvalue weighted by Gasteiger charge is -2.03. The van der Waals surface area contributed by atoms with Crippen molar-refractivity contribution in [2.24, 2.45) is 0 Å². The van der Waals surface area contributed by atoms with Crippen LogP contribution in [0.4, 0.5) is 0 Å². The highest BCUT2D eigenvalue weighted by Crippen LogP contribution is 2.19. The van der Waals surface area contributed by atoms with Gasteiger partial charge in [-0.15, -0.1) is 0 Å². The fourth-order valence-electron chi connectivity index (χ4n) is 2.12. The lowest BCUT2D eigenvalue weighted by Crippen LogP contribution is -2.00. The first kappa shape index (κ1) is 11.5. The van der Waals surface area contributed by atoms with Gasteiger partial charge in [-0.2, -0.15) is 0 Å². The SMILES string of the molecule is Cc1cc(Cn2ccc3ccc(C(=O)O)cc32)no1. The van der Waals surface area contributed by atoms with Gasteiger partial charge in [-0.05, 0) is 30.5 Å². The van der Waals surface area contributed by atoms with Gasteiger partial charge in [0.25, 0.3) is 0 Å². The Balaban J connectivity index is 2.03. The summed E-state index contributed by atoms with van der Waals surface area (Å²) >= 11 is 0. The number of rotatable bonds is 3. The van der Waals surface area contributed by atoms with Crippen molar-refractivity contribution in [3.8, 4) is 0 Å². The molecule has 3 rings (SSSR count). The number of fused-ring (bicyclic) bond motifs is 1. The van der Waals surface area contributed by atoms with Crippen LogP contribution < -0.4 is 0 Å². The molecule has 0 atom stereocenters. The minimum atomic E-state index is -0.924. The number of hydrogen-bond donors (Lipinski definition) is 1. The van der Waals surface area contributed by atoms with Crippen molar-refractivity contribution in [2.45, 2.75) is 13.5 Å². The standard InChI is InChI=1S/C14H12N2O3/c1-9-6-12(15-19-9)8-16-5-4-10-2-3-11(14(17)18)7-13(10)16/h2-7H,8H2,1H3,(H,17,18). The summed E-state index contributed by atoms with van der Waals surface area (Å²) in [5, 5.41) is 14.0. The van der Waals surface area contributed by atoms with Crippen LogP contribution in [-0.2, 0) is 6.54 Å². The Hall–Kier alpha value is -2.56. The van der Waals surface area contributed by atoms with Crippen molar-refractivity contribution in [1.82, 2.24) is 9.72 Å². The Morgan fingerprint density at radius 1 is 1.37 bits per heavy atom. The maximum absolute atomic E-state index is 11.0. The highest BCUT2D eigenvalue weighted by Gasteiger charge is 2.08. The van der Waals surface area contributed by atoms with Crippen LogP contribution in [0.3, 0.4) is 0 Å². The van der Waals surface area contributed by atoms with Gasteiger partial charge in [-0.25, -0.2) is 4.79 Å². The predicted molar refractivity (Wildman–Crippen MR) is 69.2 cm³/mol. The van der Waals surface area contributed by atoms with E-state index in [2.05, 4.69) is 5.16 Å². The quantitative estimate of drug-likeness (QED) is 0.782. The van der Waals surface area contributed by atoms with E-state index in [4.69, 9.17) is 9.63 Å². The number of carboxylic acids is 1. The Bertz CT molecular complexity index is 755. The van der Waals surface area contributed by atoms with E-state index in [0.29, 0.717) is 6.54 Å². The zero-order valence-corrected chi connectivity index (χ0v) is 10.3. The number of nitrogens with zero attached hydrogens (tertiary/aromatic N) is 2. The van der Waals surface area contributed by atoms with E-state index in [1.165, 1.54) is 0 Å². The molecule has 0 saturated heterocycles. The Morgan fingerprint density at radius 3 is 2.89 bits per heavy atom. The fraction of sp³-hybridized carbons (Fsp3) is 0.143. The fourth-order valence-corrected chi connectivity index (χ4v) is 2.12. The lowest BCUT2D eigenvalue weighted by atomic mass is 10.1. The smallest absolute Gasteiger partial charge is 0.335 e. The van der Waals surface area contributed by atoms with Crippen LogP contribution in [0.2, 0.25) is 0 Å². The molecule has 0 radical (unpaired) electrons. The first-order chi connectivity index (χ1) is 9.13. The van der Waals surface area contributed by atoms with Crippen LogP contribution >= 0.6 is 0 Å². The van der Waals surface area contributed by atoms with Gasteiger partial charge in [0.2, 0.25) is 0 Å². The second kappa shape index (κ2) is 4.28. The molecule has 0 spiro atoms. The topological polar surface area (TPSA) is 68.3 Å². The van der Waals surface area contributed by atoms with Gasteiger partial charge in [-0.1, -0.05) is 11.2 Å². The van der Waals surface area contributed by atoms with E-state index in [-0.39, 0.29) is 5.56 Å². The Morgan fingerprint density at radius 2 is 2.21 bits per heavy atom. The molecular weight excluding hydrogens is 244 g/mol. The van der Waals surface area contributed by atoms with Gasteiger partial charge in [-0.3, -0.25) is 0 Å². The van der Waals surface area contributed by atoms with Crippen LogP contribution in [0.5, 0.6) is 0 Å². The molecule has 0 aliphatic rings. The molecule has 19 heavy (non-hydrogen) atoms. The molecule has 1 aromatic carbocycles. The number of aromatic nitrogens is 2. The van der Waals surface area contributed by atoms with E-state index < -0.39 is 5.97 Å². The van der Waals surface area contributed by atoms with Gasteiger partial charge in [0.1, 0.15) is 11.5 Å². The van der Waals surface area contributed by atoms with Crippen molar-refractivity contribution < 1.29 is 14.4 Å². The maximum atomic E-state index is 11.0. The molecule has 0 aliphatic carbocycles. The first-order valence-electron chi connectivity index (χ1n) is 5.88. The lowest BCUT2D eigenvalue weighted by molar-refractivity contribution is 0.0697. The third-order valence-electron chi connectivity index (χ3n) is 3.03. The van der Waals surface area contributed by atoms with E-state index in [1.54, 1.807) is 12.1 Å². The van der Waals surface area contributed by atoms with Crippen LogP contribution in [0.25, 0.3) is 10.9 Å². The Labute approximate surface area is 109 Å². The summed E-state index contributed by atoms with van der Waals surface area (Å²) in [6.45, 7) is 2.40. The van der Waals surface area contributed by atoms with Gasteiger partial charge < -0.3 is 14.2 Å². The molecule has 3 aromatic rings. The molecule has 0 amide bonds. The molecule has 96 valence electrons. The van der Waals surface area contributed by atoms with Gasteiger partial charge in [0.05, 0.1) is 12.1 Å². The molecule has 5 nitrogen and oxygen atoms in total. The molecule has 0 fully saturated rings. The highest BCUT2D eigenvalue weighted by atomic mass is 16.5. The largest absolute Gasteiger partial charge is 0.478 e. The number of aromatic carboxylic acids is 1.